The molecule has 1 aliphatic heterocycles. The van der Waals surface area contributed by atoms with Gasteiger partial charge in [0.25, 0.3) is 0 Å². The number of morpholine rings is 1. The highest BCUT2D eigenvalue weighted by molar-refractivity contribution is 7.10. The first-order valence-electron chi connectivity index (χ1n) is 9.22. The van der Waals surface area contributed by atoms with Crippen molar-refractivity contribution in [3.05, 3.63) is 38.5 Å². The predicted molar refractivity (Wildman–Crippen MR) is 109 cm³/mol. The molecule has 0 saturated carbocycles. The van der Waals surface area contributed by atoms with Crippen LogP contribution in [0.15, 0.2) is 27.9 Å². The number of nitrogens with zero attached hydrogens (tertiary/aromatic N) is 3. The third-order valence-corrected chi connectivity index (χ3v) is 6.34. The van der Waals surface area contributed by atoms with E-state index < -0.39 is 11.9 Å². The van der Waals surface area contributed by atoms with E-state index >= 15 is 0 Å². The lowest BCUT2D eigenvalue weighted by Gasteiger charge is -2.37. The summed E-state index contributed by atoms with van der Waals surface area (Å²) >= 11 is 2.68. The highest BCUT2D eigenvalue weighted by Gasteiger charge is 2.33. The van der Waals surface area contributed by atoms with Crippen molar-refractivity contribution >= 4 is 28.6 Å². The van der Waals surface area contributed by atoms with E-state index in [1.165, 1.54) is 4.88 Å². The minimum atomic E-state index is -4.42. The Morgan fingerprint density at radius 1 is 1.41 bits per heavy atom. The van der Waals surface area contributed by atoms with Crippen molar-refractivity contribution in [2.24, 2.45) is 4.99 Å². The molecule has 2 unspecified atom stereocenters. The molecule has 3 rings (SSSR count). The summed E-state index contributed by atoms with van der Waals surface area (Å²) in [5, 5.41) is 9.78. The Morgan fingerprint density at radius 3 is 2.86 bits per heavy atom. The normalized spacial score (nSPS) is 19.9. The minimum absolute atomic E-state index is 0.164. The van der Waals surface area contributed by atoms with E-state index in [1.54, 1.807) is 18.4 Å². The Kier molecular flexibility index (Phi) is 7.49. The van der Waals surface area contributed by atoms with Crippen molar-refractivity contribution in [3.63, 3.8) is 0 Å². The van der Waals surface area contributed by atoms with Crippen LogP contribution in [0.2, 0.25) is 0 Å². The third-order valence-electron chi connectivity index (χ3n) is 4.52. The van der Waals surface area contributed by atoms with E-state index in [0.717, 1.165) is 29.8 Å². The average Bonchev–Trinajstić information content (AvgIpc) is 3.36. The molecule has 29 heavy (non-hydrogen) atoms. The van der Waals surface area contributed by atoms with Gasteiger partial charge in [-0.1, -0.05) is 6.07 Å². The number of ether oxygens (including phenoxy) is 1. The van der Waals surface area contributed by atoms with Gasteiger partial charge in [0.1, 0.15) is 5.01 Å². The van der Waals surface area contributed by atoms with Gasteiger partial charge in [0.2, 0.25) is 0 Å². The topological polar surface area (TPSA) is 61.8 Å². The molecule has 2 atom stereocenters. The Hall–Kier alpha value is -1.69. The number of aromatic nitrogens is 1. The molecule has 6 nitrogen and oxygen atoms in total. The van der Waals surface area contributed by atoms with Gasteiger partial charge in [0.15, 0.2) is 11.7 Å². The number of thiophene rings is 1. The van der Waals surface area contributed by atoms with Crippen LogP contribution in [0, 0.1) is 0 Å². The molecule has 1 saturated heterocycles. The maximum Gasteiger partial charge on any atom is 0.434 e. The lowest BCUT2D eigenvalue weighted by atomic mass is 10.1. The molecule has 160 valence electrons. The second-order valence-electron chi connectivity index (χ2n) is 6.64. The number of hydrogen-bond donors (Lipinski definition) is 2. The molecule has 0 spiro atoms. The van der Waals surface area contributed by atoms with Crippen LogP contribution in [0.25, 0.3) is 0 Å². The van der Waals surface area contributed by atoms with Crippen molar-refractivity contribution in [3.8, 4) is 0 Å². The summed E-state index contributed by atoms with van der Waals surface area (Å²) < 4.78 is 43.7. The van der Waals surface area contributed by atoms with Gasteiger partial charge < -0.3 is 15.4 Å². The van der Waals surface area contributed by atoms with E-state index in [-0.39, 0.29) is 18.7 Å². The van der Waals surface area contributed by atoms with Gasteiger partial charge in [0.05, 0.1) is 25.3 Å². The number of aliphatic imine (C=N–C) groups is 1. The predicted octanol–water partition coefficient (Wildman–Crippen LogP) is 3.35. The van der Waals surface area contributed by atoms with Crippen LogP contribution in [-0.4, -0.2) is 55.2 Å². The third kappa shape index (κ3) is 6.14. The quantitative estimate of drug-likeness (QED) is 0.525. The molecule has 3 heterocycles. The van der Waals surface area contributed by atoms with E-state index in [1.807, 2.05) is 6.07 Å². The molecule has 2 aromatic rings. The zero-order valence-electron chi connectivity index (χ0n) is 16.2. The summed E-state index contributed by atoms with van der Waals surface area (Å²) in [4.78, 5) is 11.4. The summed E-state index contributed by atoms with van der Waals surface area (Å²) in [6.45, 7) is 5.25. The molecule has 0 radical (unpaired) electrons. The van der Waals surface area contributed by atoms with Gasteiger partial charge in [-0.15, -0.1) is 22.7 Å². The number of guanidine groups is 1. The first kappa shape index (κ1) is 22.0. The van der Waals surface area contributed by atoms with Crippen LogP contribution in [-0.2, 0) is 17.5 Å². The lowest BCUT2D eigenvalue weighted by Crippen LogP contribution is -2.47. The van der Waals surface area contributed by atoms with Crippen LogP contribution in [0.3, 0.4) is 0 Å². The number of alkyl halides is 3. The zero-order valence-corrected chi connectivity index (χ0v) is 17.8. The Bertz CT molecular complexity index is 794. The summed E-state index contributed by atoms with van der Waals surface area (Å²) in [5.74, 6) is 0.525. The number of thiazole rings is 1. The van der Waals surface area contributed by atoms with Gasteiger partial charge in [-0.25, -0.2) is 4.98 Å². The smallest absolute Gasteiger partial charge is 0.376 e. The molecule has 1 fully saturated rings. The average molecular weight is 448 g/mol. The molecule has 0 bridgehead atoms. The molecule has 1 aliphatic rings. The Morgan fingerprint density at radius 2 is 2.24 bits per heavy atom. The van der Waals surface area contributed by atoms with Crippen molar-refractivity contribution in [2.75, 3.05) is 33.3 Å². The second kappa shape index (κ2) is 9.88. The fraction of sp³-hybridized carbons (Fsp3) is 0.556. The van der Waals surface area contributed by atoms with Gasteiger partial charge in [-0.3, -0.25) is 9.89 Å². The van der Waals surface area contributed by atoms with Crippen molar-refractivity contribution < 1.29 is 17.9 Å². The van der Waals surface area contributed by atoms with Gasteiger partial charge in [-0.05, 0) is 18.4 Å². The van der Waals surface area contributed by atoms with Gasteiger partial charge >= 0.3 is 6.18 Å². The van der Waals surface area contributed by atoms with E-state index in [2.05, 4.69) is 43.9 Å². The van der Waals surface area contributed by atoms with Crippen LogP contribution in [0.4, 0.5) is 13.2 Å². The molecule has 2 aromatic heterocycles. The molecule has 2 N–H and O–H groups in total. The second-order valence-corrected chi connectivity index (χ2v) is 8.56. The molecular formula is C18H24F3N5OS2. The van der Waals surface area contributed by atoms with Crippen molar-refractivity contribution in [1.82, 2.24) is 20.5 Å². The standard InChI is InChI=1S/C18H24F3N5OS2/c1-12-10-26(5-6-27-12)13(14-4-3-7-28-14)8-23-17(22-2)24-9-16-25-15(11-29-16)18(19,20)21/h3-4,7,11-13H,5-6,8-10H2,1-2H3,(H2,22,23,24). The fourth-order valence-electron chi connectivity index (χ4n) is 3.11. The molecule has 0 aromatic carbocycles. The Labute approximate surface area is 175 Å². The van der Waals surface area contributed by atoms with Crippen LogP contribution in [0.5, 0.6) is 0 Å². The van der Waals surface area contributed by atoms with Crippen LogP contribution in [0.1, 0.15) is 28.5 Å². The summed E-state index contributed by atoms with van der Waals surface area (Å²) in [6, 6.07) is 4.31. The molecular weight excluding hydrogens is 423 g/mol. The van der Waals surface area contributed by atoms with Crippen molar-refractivity contribution in [2.45, 2.75) is 31.8 Å². The maximum atomic E-state index is 12.7. The molecule has 0 aliphatic carbocycles. The summed E-state index contributed by atoms with van der Waals surface area (Å²) in [7, 11) is 1.63. The molecule has 11 heteroatoms. The van der Waals surface area contributed by atoms with Crippen LogP contribution < -0.4 is 10.6 Å². The first-order valence-corrected chi connectivity index (χ1v) is 11.0. The first-order chi connectivity index (χ1) is 13.9. The SMILES string of the molecule is CN=C(NCc1nc(C(F)(F)F)cs1)NCC(c1cccs1)N1CCOC(C)C1. The number of nitrogens with one attached hydrogen (secondary N) is 2. The number of hydrogen-bond acceptors (Lipinski definition) is 6. The zero-order chi connectivity index (χ0) is 20.9. The van der Waals surface area contributed by atoms with Crippen molar-refractivity contribution in [1.29, 1.82) is 0 Å². The lowest BCUT2D eigenvalue weighted by molar-refractivity contribution is -0.140. The minimum Gasteiger partial charge on any atom is -0.376 e. The largest absolute Gasteiger partial charge is 0.434 e. The number of rotatable bonds is 6. The maximum absolute atomic E-state index is 12.7. The monoisotopic (exact) mass is 447 g/mol. The Balaban J connectivity index is 1.58. The number of halogens is 3. The van der Waals surface area contributed by atoms with E-state index in [4.69, 9.17) is 4.74 Å². The van der Waals surface area contributed by atoms with E-state index in [9.17, 15) is 13.2 Å². The summed E-state index contributed by atoms with van der Waals surface area (Å²) in [5.41, 5.74) is -0.860. The van der Waals surface area contributed by atoms with Gasteiger partial charge in [-0.2, -0.15) is 13.2 Å². The summed E-state index contributed by atoms with van der Waals surface area (Å²) in [6.07, 6.45) is -4.24. The van der Waals surface area contributed by atoms with Crippen LogP contribution >= 0.6 is 22.7 Å². The fourth-order valence-corrected chi connectivity index (χ4v) is 4.72. The van der Waals surface area contributed by atoms with E-state index in [0.29, 0.717) is 24.1 Å². The highest BCUT2D eigenvalue weighted by atomic mass is 32.1. The highest BCUT2D eigenvalue weighted by Crippen LogP contribution is 2.30. The molecule has 0 amide bonds. The van der Waals surface area contributed by atoms with Gasteiger partial charge in [0, 0.05) is 36.9 Å².